The Morgan fingerprint density at radius 1 is 1.31 bits per heavy atom. The van der Waals surface area contributed by atoms with Gasteiger partial charge in [-0.05, 0) is 29.5 Å². The lowest BCUT2D eigenvalue weighted by Crippen LogP contribution is -2.19. The Morgan fingerprint density at radius 2 is 2.03 bits per heavy atom. The van der Waals surface area contributed by atoms with Crippen molar-refractivity contribution in [2.24, 2.45) is 10.9 Å². The first-order valence-corrected chi connectivity index (χ1v) is 10.8. The molecule has 156 valence electrons. The van der Waals surface area contributed by atoms with Gasteiger partial charge in [0.25, 0.3) is 0 Å². The Bertz CT molecular complexity index is 960. The average Bonchev–Trinajstić information content (AvgIpc) is 3.04. The quantitative estimate of drug-likeness (QED) is 0.472. The fraction of sp³-hybridized carbons (Fsp3) is 0.500. The number of aromatic nitrogens is 1. The molecular formula is C22H29N3O2S2. The molecule has 0 fully saturated rings. The molecule has 0 saturated heterocycles. The highest BCUT2D eigenvalue weighted by atomic mass is 32.1. The van der Waals surface area contributed by atoms with Gasteiger partial charge in [0.1, 0.15) is 17.3 Å². The molecule has 0 aliphatic rings. The normalized spacial score (nSPS) is 12.3. The fourth-order valence-corrected chi connectivity index (χ4v) is 3.98. The largest absolute Gasteiger partial charge is 0.490 e. The summed E-state index contributed by atoms with van der Waals surface area (Å²) < 4.78 is 13.0. The molecule has 0 N–H and O–H groups in total. The summed E-state index contributed by atoms with van der Waals surface area (Å²) >= 11 is 7.31. The SMILES string of the molecule is COCCOc1ccc(C#N)cc1C(=S)N=c1sc(C(C)(C)C)cn1CC(C)C. The molecule has 0 aliphatic carbocycles. The predicted octanol–water partition coefficient (Wildman–Crippen LogP) is 4.68. The van der Waals surface area contributed by atoms with Gasteiger partial charge in [-0.25, -0.2) is 4.99 Å². The van der Waals surface area contributed by atoms with Crippen molar-refractivity contribution in [2.75, 3.05) is 20.3 Å². The van der Waals surface area contributed by atoms with Crippen molar-refractivity contribution in [2.45, 2.75) is 46.6 Å². The first kappa shape index (κ1) is 23.3. The minimum atomic E-state index is 0.0356. The van der Waals surface area contributed by atoms with E-state index in [4.69, 9.17) is 26.7 Å². The Morgan fingerprint density at radius 3 is 2.62 bits per heavy atom. The van der Waals surface area contributed by atoms with Gasteiger partial charge in [-0.15, -0.1) is 11.3 Å². The minimum absolute atomic E-state index is 0.0356. The summed E-state index contributed by atoms with van der Waals surface area (Å²) in [4.78, 5) is 7.30. The Balaban J connectivity index is 2.50. The zero-order valence-electron chi connectivity index (χ0n) is 18.0. The summed E-state index contributed by atoms with van der Waals surface area (Å²) in [7, 11) is 1.63. The van der Waals surface area contributed by atoms with E-state index in [9.17, 15) is 5.26 Å². The average molecular weight is 432 g/mol. The monoisotopic (exact) mass is 431 g/mol. The van der Waals surface area contributed by atoms with Crippen molar-refractivity contribution in [1.29, 1.82) is 5.26 Å². The predicted molar refractivity (Wildman–Crippen MR) is 122 cm³/mol. The van der Waals surface area contributed by atoms with Crippen LogP contribution in [0.1, 0.15) is 50.6 Å². The first-order valence-electron chi connectivity index (χ1n) is 9.61. The van der Waals surface area contributed by atoms with E-state index >= 15 is 0 Å². The molecule has 1 aromatic carbocycles. The van der Waals surface area contributed by atoms with Crippen molar-refractivity contribution >= 4 is 28.5 Å². The number of hydrogen-bond acceptors (Lipinski definition) is 5. The van der Waals surface area contributed by atoms with Crippen molar-refractivity contribution < 1.29 is 9.47 Å². The first-order chi connectivity index (χ1) is 13.7. The lowest BCUT2D eigenvalue weighted by molar-refractivity contribution is 0.146. The maximum absolute atomic E-state index is 9.29. The zero-order chi connectivity index (χ0) is 21.6. The van der Waals surface area contributed by atoms with E-state index < -0.39 is 0 Å². The second-order valence-corrected chi connectivity index (χ2v) is 9.65. The van der Waals surface area contributed by atoms with Crippen LogP contribution >= 0.6 is 23.6 Å². The third-order valence-electron chi connectivity index (χ3n) is 4.10. The van der Waals surface area contributed by atoms with Gasteiger partial charge in [0.05, 0.1) is 23.8 Å². The third kappa shape index (κ3) is 6.49. The molecule has 0 radical (unpaired) electrons. The number of rotatable bonds is 7. The Hall–Kier alpha value is -2.01. The number of nitriles is 1. The van der Waals surface area contributed by atoms with E-state index in [-0.39, 0.29) is 5.41 Å². The molecule has 7 heteroatoms. The smallest absolute Gasteiger partial charge is 0.191 e. The molecule has 1 aromatic heterocycles. The molecule has 0 saturated carbocycles. The van der Waals surface area contributed by atoms with Crippen LogP contribution in [0, 0.1) is 17.2 Å². The maximum Gasteiger partial charge on any atom is 0.191 e. The van der Waals surface area contributed by atoms with Crippen LogP contribution < -0.4 is 9.54 Å². The second kappa shape index (κ2) is 10.1. The van der Waals surface area contributed by atoms with Gasteiger partial charge in [-0.2, -0.15) is 5.26 Å². The van der Waals surface area contributed by atoms with Gasteiger partial charge in [0.2, 0.25) is 0 Å². The number of nitrogens with zero attached hydrogens (tertiary/aromatic N) is 3. The van der Waals surface area contributed by atoms with Gasteiger partial charge in [-0.1, -0.05) is 46.8 Å². The van der Waals surface area contributed by atoms with Crippen LogP contribution in [0.15, 0.2) is 29.4 Å². The lowest BCUT2D eigenvalue weighted by Gasteiger charge is -2.14. The second-order valence-electron chi connectivity index (χ2n) is 8.26. The number of ether oxygens (including phenoxy) is 2. The summed E-state index contributed by atoms with van der Waals surface area (Å²) in [6.45, 7) is 12.7. The van der Waals surface area contributed by atoms with Gasteiger partial charge < -0.3 is 14.0 Å². The molecule has 1 heterocycles. The van der Waals surface area contributed by atoms with E-state index in [0.29, 0.717) is 41.0 Å². The van der Waals surface area contributed by atoms with E-state index in [1.165, 1.54) is 4.88 Å². The topological polar surface area (TPSA) is 59.5 Å². The maximum atomic E-state index is 9.29. The molecule has 0 spiro atoms. The van der Waals surface area contributed by atoms with E-state index in [1.807, 2.05) is 0 Å². The van der Waals surface area contributed by atoms with E-state index in [1.54, 1.807) is 36.6 Å². The van der Waals surface area contributed by atoms with Gasteiger partial charge >= 0.3 is 0 Å². The molecule has 0 unspecified atom stereocenters. The number of benzene rings is 1. The standard InChI is InChI=1S/C22H29N3O2S2/c1-15(2)13-25-14-19(22(3,4)5)29-21(25)24-20(28)17-11-16(12-23)7-8-18(17)27-10-9-26-6/h7-8,11,14-15H,9-10,13H2,1-6H3. The van der Waals surface area contributed by atoms with Crippen LogP contribution in [0.3, 0.4) is 0 Å². The highest BCUT2D eigenvalue weighted by Crippen LogP contribution is 2.25. The van der Waals surface area contributed by atoms with E-state index in [0.717, 1.165) is 11.3 Å². The van der Waals surface area contributed by atoms with Crippen molar-refractivity contribution in [3.63, 3.8) is 0 Å². The Kier molecular flexibility index (Phi) is 8.14. The van der Waals surface area contributed by atoms with Crippen molar-refractivity contribution in [3.05, 3.63) is 45.2 Å². The fourth-order valence-electron chi connectivity index (χ4n) is 2.61. The number of thiocarbonyl (C=S) groups is 1. The summed E-state index contributed by atoms with van der Waals surface area (Å²) in [5.41, 5.74) is 1.21. The lowest BCUT2D eigenvalue weighted by atomic mass is 9.95. The van der Waals surface area contributed by atoms with Crippen LogP contribution in [-0.4, -0.2) is 29.9 Å². The molecule has 2 aromatic rings. The van der Waals surface area contributed by atoms with Crippen LogP contribution in [0.5, 0.6) is 5.75 Å². The molecule has 5 nitrogen and oxygen atoms in total. The summed E-state index contributed by atoms with van der Waals surface area (Å²) in [5.74, 6) is 1.10. The number of methoxy groups -OCH3 is 1. The van der Waals surface area contributed by atoms with Crippen molar-refractivity contribution in [1.82, 2.24) is 4.57 Å². The Labute approximate surface area is 182 Å². The summed E-state index contributed by atoms with van der Waals surface area (Å²) in [6.07, 6.45) is 2.17. The number of hydrogen-bond donors (Lipinski definition) is 0. The molecule has 0 bridgehead atoms. The van der Waals surface area contributed by atoms with Crippen LogP contribution in [0.2, 0.25) is 0 Å². The van der Waals surface area contributed by atoms with Gasteiger partial charge in [0, 0.05) is 24.7 Å². The van der Waals surface area contributed by atoms with E-state index in [2.05, 4.69) is 51.5 Å². The molecule has 0 amide bonds. The van der Waals surface area contributed by atoms with Crippen LogP contribution in [0.4, 0.5) is 0 Å². The van der Waals surface area contributed by atoms with Gasteiger partial charge in [-0.3, -0.25) is 0 Å². The van der Waals surface area contributed by atoms with Gasteiger partial charge in [0.15, 0.2) is 4.80 Å². The molecule has 0 atom stereocenters. The zero-order valence-corrected chi connectivity index (χ0v) is 19.6. The molecule has 29 heavy (non-hydrogen) atoms. The van der Waals surface area contributed by atoms with Crippen LogP contribution in [-0.2, 0) is 16.7 Å². The van der Waals surface area contributed by atoms with Crippen LogP contribution in [0.25, 0.3) is 0 Å². The highest BCUT2D eigenvalue weighted by molar-refractivity contribution is 7.80. The molecule has 2 rings (SSSR count). The summed E-state index contributed by atoms with van der Waals surface area (Å²) in [5, 5.41) is 9.29. The highest BCUT2D eigenvalue weighted by Gasteiger charge is 2.19. The van der Waals surface area contributed by atoms with Crippen molar-refractivity contribution in [3.8, 4) is 11.8 Å². The number of thiazole rings is 1. The molecule has 0 aliphatic heterocycles. The molecular weight excluding hydrogens is 402 g/mol. The third-order valence-corrected chi connectivity index (χ3v) is 5.86. The minimum Gasteiger partial charge on any atom is -0.490 e. The summed E-state index contributed by atoms with van der Waals surface area (Å²) in [6, 6.07) is 7.38.